The van der Waals surface area contributed by atoms with Crippen molar-refractivity contribution in [3.63, 3.8) is 0 Å². The molecule has 1 aromatic rings. The van der Waals surface area contributed by atoms with Crippen LogP contribution in [0.1, 0.15) is 31.4 Å². The number of hydrogen-bond donors (Lipinski definition) is 0. The minimum atomic E-state index is -0.324. The molecule has 1 aliphatic carbocycles. The number of non-ortho nitro benzene ring substituents is 1. The lowest BCUT2D eigenvalue weighted by atomic mass is 9.87. The molecule has 0 N–H and O–H groups in total. The van der Waals surface area contributed by atoms with Gasteiger partial charge < -0.3 is 4.90 Å². The molecule has 1 aromatic carbocycles. The Kier molecular flexibility index (Phi) is 3.45. The van der Waals surface area contributed by atoms with Crippen molar-refractivity contribution in [3.05, 3.63) is 45.5 Å². The quantitative estimate of drug-likeness (QED) is 0.617. The molecule has 0 atom stereocenters. The Morgan fingerprint density at radius 3 is 2.58 bits per heavy atom. The van der Waals surface area contributed by atoms with Gasteiger partial charge in [0.25, 0.3) is 5.69 Å². The van der Waals surface area contributed by atoms with Crippen molar-refractivity contribution < 1.29 is 4.92 Å². The lowest BCUT2D eigenvalue weighted by molar-refractivity contribution is -0.384. The van der Waals surface area contributed by atoms with E-state index in [1.165, 1.54) is 11.1 Å². The summed E-state index contributed by atoms with van der Waals surface area (Å²) >= 11 is 0. The van der Waals surface area contributed by atoms with Gasteiger partial charge in [-0.3, -0.25) is 10.1 Å². The maximum atomic E-state index is 10.9. The minimum Gasteiger partial charge on any atom is -0.309 e. The minimum absolute atomic E-state index is 0.0356. The first-order chi connectivity index (χ1) is 8.81. The number of allylic oxidation sites excluding steroid dienone is 1. The molecule has 0 fully saturated rings. The van der Waals surface area contributed by atoms with Gasteiger partial charge in [0.1, 0.15) is 0 Å². The summed E-state index contributed by atoms with van der Waals surface area (Å²) in [5, 5.41) is 10.9. The number of nitro benzene ring substituents is 1. The highest BCUT2D eigenvalue weighted by molar-refractivity contribution is 5.77. The molecule has 102 valence electrons. The summed E-state index contributed by atoms with van der Waals surface area (Å²) in [6, 6.07) is 5.21. The van der Waals surface area contributed by atoms with Crippen LogP contribution in [0.15, 0.2) is 24.3 Å². The average molecular weight is 260 g/mol. The zero-order chi connectivity index (χ0) is 14.2. The van der Waals surface area contributed by atoms with Gasteiger partial charge in [-0.05, 0) is 37.2 Å². The third-order valence-electron chi connectivity index (χ3n) is 3.62. The predicted octanol–water partition coefficient (Wildman–Crippen LogP) is 3.22. The van der Waals surface area contributed by atoms with Gasteiger partial charge in [0.2, 0.25) is 0 Å². The van der Waals surface area contributed by atoms with Gasteiger partial charge >= 0.3 is 0 Å². The molecule has 19 heavy (non-hydrogen) atoms. The first kappa shape index (κ1) is 13.7. The van der Waals surface area contributed by atoms with Crippen molar-refractivity contribution in [2.75, 3.05) is 20.6 Å². The fraction of sp³-hybridized carbons (Fsp3) is 0.467. The van der Waals surface area contributed by atoms with E-state index in [9.17, 15) is 10.1 Å². The molecule has 0 heterocycles. The number of benzene rings is 1. The van der Waals surface area contributed by atoms with Gasteiger partial charge in [0.05, 0.1) is 4.92 Å². The van der Waals surface area contributed by atoms with E-state index >= 15 is 0 Å². The predicted molar refractivity (Wildman–Crippen MR) is 77.3 cm³/mol. The highest BCUT2D eigenvalue weighted by Crippen LogP contribution is 2.42. The summed E-state index contributed by atoms with van der Waals surface area (Å²) in [5.41, 5.74) is 3.59. The van der Waals surface area contributed by atoms with Gasteiger partial charge in [-0.1, -0.05) is 26.0 Å². The second kappa shape index (κ2) is 4.78. The number of nitro groups is 1. The van der Waals surface area contributed by atoms with Crippen molar-refractivity contribution in [1.29, 1.82) is 0 Å². The number of hydrogen-bond acceptors (Lipinski definition) is 3. The summed E-state index contributed by atoms with van der Waals surface area (Å²) in [6.07, 6.45) is 3.16. The van der Waals surface area contributed by atoms with Crippen molar-refractivity contribution in [2.24, 2.45) is 0 Å². The molecule has 2 rings (SSSR count). The molecule has 1 aliphatic rings. The summed E-state index contributed by atoms with van der Waals surface area (Å²) in [6.45, 7) is 5.25. The smallest absolute Gasteiger partial charge is 0.270 e. The van der Waals surface area contributed by atoms with Crippen molar-refractivity contribution >= 4 is 11.3 Å². The lowest BCUT2D eigenvalue weighted by Crippen LogP contribution is -2.13. The van der Waals surface area contributed by atoms with Gasteiger partial charge in [-0.15, -0.1) is 0 Å². The van der Waals surface area contributed by atoms with Crippen LogP contribution in [0.4, 0.5) is 5.69 Å². The summed E-state index contributed by atoms with van der Waals surface area (Å²) in [7, 11) is 4.07. The Morgan fingerprint density at radius 2 is 2.00 bits per heavy atom. The molecule has 0 aromatic heterocycles. The van der Waals surface area contributed by atoms with E-state index < -0.39 is 0 Å². The summed E-state index contributed by atoms with van der Waals surface area (Å²) in [5.74, 6) is 0. The zero-order valence-corrected chi connectivity index (χ0v) is 11.9. The monoisotopic (exact) mass is 260 g/mol. The molecule has 0 aliphatic heterocycles. The second-order valence-corrected chi connectivity index (χ2v) is 5.93. The largest absolute Gasteiger partial charge is 0.309 e. The van der Waals surface area contributed by atoms with Crippen LogP contribution in [0.2, 0.25) is 0 Å². The second-order valence-electron chi connectivity index (χ2n) is 5.93. The third kappa shape index (κ3) is 2.68. The Hall–Kier alpha value is -1.68. The summed E-state index contributed by atoms with van der Waals surface area (Å²) < 4.78 is 0. The Morgan fingerprint density at radius 1 is 1.32 bits per heavy atom. The number of rotatable bonds is 4. The Balaban J connectivity index is 2.39. The van der Waals surface area contributed by atoms with E-state index in [0.717, 1.165) is 18.5 Å². The molecule has 4 heteroatoms. The van der Waals surface area contributed by atoms with Gasteiger partial charge in [0, 0.05) is 24.1 Å². The SMILES string of the molecule is CN(C)CCC1=CC(C)(C)c2ccc([N+](=O)[O-])cc21. The van der Waals surface area contributed by atoms with E-state index in [1.807, 2.05) is 20.2 Å². The van der Waals surface area contributed by atoms with E-state index in [1.54, 1.807) is 12.1 Å². The fourth-order valence-corrected chi connectivity index (χ4v) is 2.62. The maximum absolute atomic E-state index is 10.9. The fourth-order valence-electron chi connectivity index (χ4n) is 2.62. The first-order valence-corrected chi connectivity index (χ1v) is 6.47. The van der Waals surface area contributed by atoms with Crippen LogP contribution in [0.5, 0.6) is 0 Å². The molecule has 0 saturated heterocycles. The molecule has 0 bridgehead atoms. The van der Waals surface area contributed by atoms with Gasteiger partial charge in [-0.25, -0.2) is 0 Å². The molecule has 4 nitrogen and oxygen atoms in total. The molecule has 0 amide bonds. The van der Waals surface area contributed by atoms with E-state index in [4.69, 9.17) is 0 Å². The molecule has 0 radical (unpaired) electrons. The van der Waals surface area contributed by atoms with Crippen LogP contribution in [-0.4, -0.2) is 30.5 Å². The summed E-state index contributed by atoms with van der Waals surface area (Å²) in [4.78, 5) is 12.7. The van der Waals surface area contributed by atoms with Crippen molar-refractivity contribution in [3.8, 4) is 0 Å². The Labute approximate surface area is 113 Å². The van der Waals surface area contributed by atoms with Gasteiger partial charge in [0.15, 0.2) is 0 Å². The van der Waals surface area contributed by atoms with E-state index in [2.05, 4.69) is 24.8 Å². The average Bonchev–Trinajstić information content (AvgIpc) is 2.58. The first-order valence-electron chi connectivity index (χ1n) is 6.47. The molecule has 0 spiro atoms. The van der Waals surface area contributed by atoms with Crippen LogP contribution >= 0.6 is 0 Å². The topological polar surface area (TPSA) is 46.4 Å². The molecule has 0 unspecified atom stereocenters. The van der Waals surface area contributed by atoms with E-state index in [-0.39, 0.29) is 16.0 Å². The van der Waals surface area contributed by atoms with Crippen LogP contribution in [0, 0.1) is 10.1 Å². The van der Waals surface area contributed by atoms with Gasteiger partial charge in [-0.2, -0.15) is 0 Å². The third-order valence-corrected chi connectivity index (χ3v) is 3.62. The zero-order valence-electron chi connectivity index (χ0n) is 11.9. The Bertz CT molecular complexity index is 545. The normalized spacial score (nSPS) is 16.4. The lowest BCUT2D eigenvalue weighted by Gasteiger charge is -2.16. The van der Waals surface area contributed by atoms with Crippen LogP contribution in [0.25, 0.3) is 5.57 Å². The van der Waals surface area contributed by atoms with Crippen LogP contribution in [-0.2, 0) is 5.41 Å². The van der Waals surface area contributed by atoms with E-state index in [0.29, 0.717) is 0 Å². The van der Waals surface area contributed by atoms with Crippen LogP contribution < -0.4 is 0 Å². The number of fused-ring (bicyclic) bond motifs is 1. The number of nitrogens with zero attached hydrogens (tertiary/aromatic N) is 2. The molecular weight excluding hydrogens is 240 g/mol. The molecule has 0 saturated carbocycles. The highest BCUT2D eigenvalue weighted by atomic mass is 16.6. The highest BCUT2D eigenvalue weighted by Gasteiger charge is 2.30. The standard InChI is InChI=1S/C15H20N2O2/c1-15(2)10-11(7-8-16(3)4)13-9-12(17(18)19)5-6-14(13)15/h5-6,9-10H,7-8H2,1-4H3. The van der Waals surface area contributed by atoms with Crippen LogP contribution in [0.3, 0.4) is 0 Å². The molecular formula is C15H20N2O2. The maximum Gasteiger partial charge on any atom is 0.270 e. The van der Waals surface area contributed by atoms with Crippen molar-refractivity contribution in [1.82, 2.24) is 4.90 Å². The van der Waals surface area contributed by atoms with Crippen molar-refractivity contribution in [2.45, 2.75) is 25.7 Å².